The highest BCUT2D eigenvalue weighted by Crippen LogP contribution is 2.27. The van der Waals surface area contributed by atoms with Crippen molar-refractivity contribution in [2.24, 2.45) is 5.92 Å². The molecule has 1 saturated heterocycles. The van der Waals surface area contributed by atoms with Gasteiger partial charge in [0.15, 0.2) is 5.58 Å². The smallest absolute Gasteiger partial charge is 0.255 e. The summed E-state index contributed by atoms with van der Waals surface area (Å²) in [7, 11) is -3.56. The van der Waals surface area contributed by atoms with Gasteiger partial charge in [0.05, 0.1) is 4.90 Å². The summed E-state index contributed by atoms with van der Waals surface area (Å²) < 4.78 is 33.3. The summed E-state index contributed by atoms with van der Waals surface area (Å²) in [5.74, 6) is 0.489. The van der Waals surface area contributed by atoms with Crippen molar-refractivity contribution in [2.45, 2.75) is 24.7 Å². The van der Waals surface area contributed by atoms with Gasteiger partial charge in [0, 0.05) is 29.9 Å². The van der Waals surface area contributed by atoms with Crippen molar-refractivity contribution in [2.75, 3.05) is 18.4 Å². The number of carbonyl (C=O) groups is 1. The lowest BCUT2D eigenvalue weighted by Crippen LogP contribution is -2.39. The van der Waals surface area contributed by atoms with Crippen LogP contribution in [0.15, 0.2) is 82.1 Å². The molecule has 5 rings (SSSR count). The number of anilines is 1. The molecule has 0 bridgehead atoms. The highest BCUT2D eigenvalue weighted by Gasteiger charge is 2.28. The number of nitrogens with zero attached hydrogens (tertiary/aromatic N) is 2. The van der Waals surface area contributed by atoms with Crippen LogP contribution in [0.3, 0.4) is 0 Å². The molecular weight excluding hydrogens is 450 g/mol. The predicted octanol–water partition coefficient (Wildman–Crippen LogP) is 5.17. The summed E-state index contributed by atoms with van der Waals surface area (Å²) in [4.78, 5) is 17.5. The topological polar surface area (TPSA) is 92.5 Å². The summed E-state index contributed by atoms with van der Waals surface area (Å²) in [6.07, 6.45) is 1.90. The van der Waals surface area contributed by atoms with Crippen molar-refractivity contribution >= 4 is 32.7 Å². The van der Waals surface area contributed by atoms with E-state index in [1.165, 1.54) is 16.4 Å². The fourth-order valence-electron chi connectivity index (χ4n) is 4.22. The third-order valence-electron chi connectivity index (χ3n) is 6.04. The molecule has 7 nitrogen and oxygen atoms in total. The van der Waals surface area contributed by atoms with Crippen LogP contribution in [0, 0.1) is 5.92 Å². The number of sulfonamides is 1. The Morgan fingerprint density at radius 3 is 2.62 bits per heavy atom. The maximum atomic E-state index is 13.0. The third-order valence-corrected chi connectivity index (χ3v) is 7.91. The SMILES string of the molecule is CC1CCCN(S(=O)(=O)c2ccc(C(=O)Nc3cccc(-c4nc5ccccc5o4)c3)cc2)C1. The number of hydrogen-bond acceptors (Lipinski definition) is 5. The fourth-order valence-corrected chi connectivity index (χ4v) is 5.82. The van der Waals surface area contributed by atoms with Gasteiger partial charge in [-0.25, -0.2) is 13.4 Å². The Hall–Kier alpha value is -3.49. The van der Waals surface area contributed by atoms with Crippen LogP contribution in [-0.2, 0) is 10.0 Å². The first kappa shape index (κ1) is 22.3. The number of aromatic nitrogens is 1. The standard InChI is InChI=1S/C26H25N3O4S/c1-18-6-5-15-29(17-18)34(31,32)22-13-11-19(12-14-22)25(30)27-21-8-4-7-20(16-21)26-28-23-9-2-3-10-24(23)33-26/h2-4,7-14,16,18H,5-6,15,17H2,1H3,(H,27,30). The van der Waals surface area contributed by atoms with Crippen molar-refractivity contribution in [1.29, 1.82) is 0 Å². The molecule has 1 unspecified atom stereocenters. The number of hydrogen-bond donors (Lipinski definition) is 1. The first-order chi connectivity index (χ1) is 16.4. The Kier molecular flexibility index (Phi) is 5.93. The largest absolute Gasteiger partial charge is 0.436 e. The van der Waals surface area contributed by atoms with Crippen molar-refractivity contribution in [3.05, 3.63) is 78.4 Å². The molecule has 1 N–H and O–H groups in total. The Labute approximate surface area is 198 Å². The van der Waals surface area contributed by atoms with Gasteiger partial charge in [0.2, 0.25) is 15.9 Å². The Morgan fingerprint density at radius 1 is 1.06 bits per heavy atom. The number of rotatable bonds is 5. The van der Waals surface area contributed by atoms with Crippen LogP contribution in [0.4, 0.5) is 5.69 Å². The average Bonchev–Trinajstić information content (AvgIpc) is 3.29. The van der Waals surface area contributed by atoms with Gasteiger partial charge in [0.25, 0.3) is 5.91 Å². The molecular formula is C26H25N3O4S. The van der Waals surface area contributed by atoms with E-state index < -0.39 is 10.0 Å². The molecule has 34 heavy (non-hydrogen) atoms. The minimum atomic E-state index is -3.56. The van der Waals surface area contributed by atoms with Crippen LogP contribution in [0.25, 0.3) is 22.6 Å². The monoisotopic (exact) mass is 475 g/mol. The van der Waals surface area contributed by atoms with Gasteiger partial charge >= 0.3 is 0 Å². The van der Waals surface area contributed by atoms with E-state index in [4.69, 9.17) is 4.42 Å². The van der Waals surface area contributed by atoms with Crippen LogP contribution in [0.1, 0.15) is 30.1 Å². The highest BCUT2D eigenvalue weighted by molar-refractivity contribution is 7.89. The second kappa shape index (κ2) is 9.04. The third kappa shape index (κ3) is 4.47. The second-order valence-electron chi connectivity index (χ2n) is 8.66. The van der Waals surface area contributed by atoms with Crippen LogP contribution in [0.5, 0.6) is 0 Å². The average molecular weight is 476 g/mol. The Bertz CT molecular complexity index is 1410. The number of nitrogens with one attached hydrogen (secondary N) is 1. The highest BCUT2D eigenvalue weighted by atomic mass is 32.2. The first-order valence-corrected chi connectivity index (χ1v) is 12.7. The first-order valence-electron chi connectivity index (χ1n) is 11.3. The van der Waals surface area contributed by atoms with E-state index >= 15 is 0 Å². The van der Waals surface area contributed by atoms with E-state index in [2.05, 4.69) is 17.2 Å². The number of carbonyl (C=O) groups excluding carboxylic acids is 1. The van der Waals surface area contributed by atoms with Gasteiger partial charge < -0.3 is 9.73 Å². The van der Waals surface area contributed by atoms with E-state index in [0.717, 1.165) is 23.9 Å². The zero-order valence-corrected chi connectivity index (χ0v) is 19.6. The summed E-state index contributed by atoms with van der Waals surface area (Å²) in [5, 5.41) is 2.86. The number of amides is 1. The molecule has 0 aliphatic carbocycles. The van der Waals surface area contributed by atoms with Gasteiger partial charge in [-0.1, -0.05) is 25.1 Å². The maximum absolute atomic E-state index is 13.0. The molecule has 0 spiro atoms. The van der Waals surface area contributed by atoms with E-state index in [9.17, 15) is 13.2 Å². The van der Waals surface area contributed by atoms with E-state index in [1.807, 2.05) is 36.4 Å². The molecule has 4 aromatic rings. The number of fused-ring (bicyclic) bond motifs is 1. The van der Waals surface area contributed by atoms with Gasteiger partial charge in [-0.2, -0.15) is 4.31 Å². The lowest BCUT2D eigenvalue weighted by molar-refractivity contribution is 0.102. The van der Waals surface area contributed by atoms with Crippen molar-refractivity contribution < 1.29 is 17.6 Å². The van der Waals surface area contributed by atoms with Crippen LogP contribution in [0.2, 0.25) is 0 Å². The molecule has 1 amide bonds. The molecule has 1 aliphatic rings. The van der Waals surface area contributed by atoms with Gasteiger partial charge in [0.1, 0.15) is 5.52 Å². The summed E-state index contributed by atoms with van der Waals surface area (Å²) in [5.41, 5.74) is 3.16. The summed E-state index contributed by atoms with van der Waals surface area (Å²) in [6, 6.07) is 20.8. The van der Waals surface area contributed by atoms with Gasteiger partial charge in [-0.3, -0.25) is 4.79 Å². The van der Waals surface area contributed by atoms with Crippen LogP contribution in [-0.4, -0.2) is 36.7 Å². The Balaban J connectivity index is 1.31. The number of para-hydroxylation sites is 2. The van der Waals surface area contributed by atoms with E-state index in [0.29, 0.717) is 41.7 Å². The zero-order chi connectivity index (χ0) is 23.7. The fraction of sp³-hybridized carbons (Fsp3) is 0.231. The minimum absolute atomic E-state index is 0.205. The molecule has 8 heteroatoms. The Morgan fingerprint density at radius 2 is 1.85 bits per heavy atom. The molecule has 174 valence electrons. The van der Waals surface area contributed by atoms with E-state index in [1.54, 1.807) is 24.3 Å². The molecule has 2 heterocycles. The molecule has 3 aromatic carbocycles. The molecule has 1 aliphatic heterocycles. The van der Waals surface area contributed by atoms with Crippen molar-refractivity contribution in [3.8, 4) is 11.5 Å². The quantitative estimate of drug-likeness (QED) is 0.430. The lowest BCUT2D eigenvalue weighted by Gasteiger charge is -2.30. The lowest BCUT2D eigenvalue weighted by atomic mass is 10.0. The number of benzene rings is 3. The van der Waals surface area contributed by atoms with Gasteiger partial charge in [-0.15, -0.1) is 0 Å². The number of oxazole rings is 1. The van der Waals surface area contributed by atoms with Crippen molar-refractivity contribution in [1.82, 2.24) is 9.29 Å². The van der Waals surface area contributed by atoms with Gasteiger partial charge in [-0.05, 0) is 73.4 Å². The minimum Gasteiger partial charge on any atom is -0.436 e. The molecule has 0 radical (unpaired) electrons. The normalized spacial score (nSPS) is 17.0. The molecule has 1 aromatic heterocycles. The summed E-state index contributed by atoms with van der Waals surface area (Å²) >= 11 is 0. The number of piperidine rings is 1. The molecule has 1 fully saturated rings. The second-order valence-corrected chi connectivity index (χ2v) is 10.6. The summed E-state index contributed by atoms with van der Waals surface area (Å²) in [6.45, 7) is 3.13. The molecule has 1 atom stereocenters. The van der Waals surface area contributed by atoms with Crippen molar-refractivity contribution in [3.63, 3.8) is 0 Å². The predicted molar refractivity (Wildman–Crippen MR) is 131 cm³/mol. The van der Waals surface area contributed by atoms with E-state index in [-0.39, 0.29) is 10.8 Å². The maximum Gasteiger partial charge on any atom is 0.255 e. The zero-order valence-electron chi connectivity index (χ0n) is 18.8. The van der Waals surface area contributed by atoms with Crippen LogP contribution >= 0.6 is 0 Å². The van der Waals surface area contributed by atoms with Crippen LogP contribution < -0.4 is 5.32 Å². The molecule has 0 saturated carbocycles.